The average molecular weight is 345 g/mol. The van der Waals surface area contributed by atoms with Crippen molar-refractivity contribution in [3.63, 3.8) is 0 Å². The molecule has 138 valence electrons. The molecule has 5 nitrogen and oxygen atoms in total. The second-order valence-corrected chi connectivity index (χ2v) is 7.83. The molecule has 5 heteroatoms. The van der Waals surface area contributed by atoms with Gasteiger partial charge in [0.05, 0.1) is 12.1 Å². The number of likely N-dealkylation sites (tertiary alicyclic amines) is 2. The zero-order valence-corrected chi connectivity index (χ0v) is 15.3. The van der Waals surface area contributed by atoms with Crippen LogP contribution in [-0.4, -0.2) is 52.7 Å². The number of benzene rings is 1. The van der Waals surface area contributed by atoms with Crippen LogP contribution in [0.25, 0.3) is 0 Å². The molecule has 2 N–H and O–H groups in total. The van der Waals surface area contributed by atoms with Gasteiger partial charge in [-0.05, 0) is 56.8 Å². The van der Waals surface area contributed by atoms with Crippen LogP contribution in [0, 0.1) is 0 Å². The molecule has 2 saturated heterocycles. The highest BCUT2D eigenvalue weighted by molar-refractivity contribution is 5.74. The Morgan fingerprint density at radius 1 is 1.08 bits per heavy atom. The fourth-order valence-corrected chi connectivity index (χ4v) is 3.82. The lowest BCUT2D eigenvalue weighted by Gasteiger charge is -2.36. The molecule has 0 spiro atoms. The van der Waals surface area contributed by atoms with Crippen molar-refractivity contribution in [3.05, 3.63) is 35.4 Å². The Hall–Kier alpha value is -1.59. The molecule has 0 radical (unpaired) electrons. The van der Waals surface area contributed by atoms with Gasteiger partial charge in [0.1, 0.15) is 0 Å². The molecule has 0 aliphatic carbocycles. The van der Waals surface area contributed by atoms with Gasteiger partial charge >= 0.3 is 6.03 Å². The van der Waals surface area contributed by atoms with Gasteiger partial charge in [0.25, 0.3) is 0 Å². The Kier molecular flexibility index (Phi) is 5.97. The fourth-order valence-electron chi connectivity index (χ4n) is 3.82. The Morgan fingerprint density at radius 2 is 1.76 bits per heavy atom. The number of carbonyl (C=O) groups excluding carboxylic acids is 1. The summed E-state index contributed by atoms with van der Waals surface area (Å²) in [4.78, 5) is 16.5. The molecule has 1 atom stereocenters. The number of amides is 2. The largest absolute Gasteiger partial charge is 0.388 e. The third kappa shape index (κ3) is 5.44. The molecule has 3 rings (SSSR count). The Labute approximate surface area is 151 Å². The van der Waals surface area contributed by atoms with E-state index in [4.69, 9.17) is 0 Å². The molecule has 0 bridgehead atoms. The Bertz CT molecular complexity index is 565. The number of carbonyl (C=O) groups is 1. The average Bonchev–Trinajstić information content (AvgIpc) is 2.61. The molecular formula is C20H31N3O2. The summed E-state index contributed by atoms with van der Waals surface area (Å²) in [5, 5.41) is 13.1. The monoisotopic (exact) mass is 345 g/mol. The van der Waals surface area contributed by atoms with Crippen LogP contribution in [0.15, 0.2) is 24.3 Å². The summed E-state index contributed by atoms with van der Waals surface area (Å²) in [5.74, 6) is 0. The predicted molar refractivity (Wildman–Crippen MR) is 99.2 cm³/mol. The van der Waals surface area contributed by atoms with Gasteiger partial charge in [-0.15, -0.1) is 0 Å². The number of β-amino-alcohol motifs (C(OH)–C–C–N with tert-alkyl or cyclic N) is 1. The number of piperidine rings is 2. The van der Waals surface area contributed by atoms with Crippen LogP contribution >= 0.6 is 0 Å². The number of hydrogen-bond donors (Lipinski definition) is 2. The molecule has 2 heterocycles. The van der Waals surface area contributed by atoms with Gasteiger partial charge < -0.3 is 15.3 Å². The van der Waals surface area contributed by atoms with Crippen LogP contribution in [0.4, 0.5) is 4.79 Å². The highest BCUT2D eigenvalue weighted by Gasteiger charge is 2.30. The van der Waals surface area contributed by atoms with Crippen molar-refractivity contribution >= 4 is 6.03 Å². The quantitative estimate of drug-likeness (QED) is 0.882. The number of urea groups is 1. The van der Waals surface area contributed by atoms with E-state index >= 15 is 0 Å². The van der Waals surface area contributed by atoms with Crippen LogP contribution in [0.3, 0.4) is 0 Å². The fraction of sp³-hybridized carbons (Fsp3) is 0.650. The first-order valence-corrected chi connectivity index (χ1v) is 9.57. The van der Waals surface area contributed by atoms with Crippen molar-refractivity contribution in [2.75, 3.05) is 26.2 Å². The summed E-state index contributed by atoms with van der Waals surface area (Å²) in [6, 6.07) is 8.46. The first kappa shape index (κ1) is 18.2. The van der Waals surface area contributed by atoms with E-state index in [2.05, 4.69) is 34.5 Å². The highest BCUT2D eigenvalue weighted by atomic mass is 16.3. The second kappa shape index (κ2) is 8.19. The molecule has 0 saturated carbocycles. The van der Waals surface area contributed by atoms with Gasteiger partial charge in [0.15, 0.2) is 0 Å². The van der Waals surface area contributed by atoms with Crippen LogP contribution in [-0.2, 0) is 13.1 Å². The minimum atomic E-state index is -0.758. The maximum atomic E-state index is 12.3. The number of aliphatic hydroxyl groups is 1. The summed E-state index contributed by atoms with van der Waals surface area (Å²) in [6.45, 7) is 6.89. The maximum Gasteiger partial charge on any atom is 0.317 e. The third-order valence-corrected chi connectivity index (χ3v) is 5.28. The molecule has 2 aliphatic rings. The molecule has 0 aromatic heterocycles. The standard InChI is InChI=1S/C20H31N3O2/c1-20(25)10-5-13-23(16-20)19(24)21-14-17-6-8-18(9-7-17)15-22-11-3-2-4-12-22/h6-9,25H,2-5,10-16H2,1H3,(H,21,24). The van der Waals surface area contributed by atoms with E-state index < -0.39 is 5.60 Å². The Morgan fingerprint density at radius 3 is 2.44 bits per heavy atom. The molecule has 1 unspecified atom stereocenters. The van der Waals surface area contributed by atoms with Crippen molar-refractivity contribution < 1.29 is 9.90 Å². The van der Waals surface area contributed by atoms with Gasteiger partial charge in [-0.3, -0.25) is 4.90 Å². The molecular weight excluding hydrogens is 314 g/mol. The smallest absolute Gasteiger partial charge is 0.317 e. The van der Waals surface area contributed by atoms with Crippen LogP contribution in [0.2, 0.25) is 0 Å². The summed E-state index contributed by atoms with van der Waals surface area (Å²) >= 11 is 0. The predicted octanol–water partition coefficient (Wildman–Crippen LogP) is 2.73. The normalized spacial score (nSPS) is 25.0. The first-order chi connectivity index (χ1) is 12.0. The van der Waals surface area contributed by atoms with E-state index in [1.165, 1.54) is 37.9 Å². The van der Waals surface area contributed by atoms with Crippen LogP contribution in [0.1, 0.15) is 50.2 Å². The zero-order valence-electron chi connectivity index (χ0n) is 15.3. The van der Waals surface area contributed by atoms with Gasteiger partial charge in [-0.2, -0.15) is 0 Å². The van der Waals surface area contributed by atoms with Crippen LogP contribution < -0.4 is 5.32 Å². The van der Waals surface area contributed by atoms with Crippen molar-refractivity contribution in [3.8, 4) is 0 Å². The molecule has 2 aliphatic heterocycles. The summed E-state index contributed by atoms with van der Waals surface area (Å²) in [7, 11) is 0. The van der Waals surface area contributed by atoms with Crippen molar-refractivity contribution in [2.45, 2.75) is 57.7 Å². The van der Waals surface area contributed by atoms with Crippen LogP contribution in [0.5, 0.6) is 0 Å². The van der Waals surface area contributed by atoms with E-state index in [-0.39, 0.29) is 6.03 Å². The van der Waals surface area contributed by atoms with Crippen molar-refractivity contribution in [1.29, 1.82) is 0 Å². The summed E-state index contributed by atoms with van der Waals surface area (Å²) in [6.07, 6.45) is 5.60. The SMILES string of the molecule is CC1(O)CCCN(C(=O)NCc2ccc(CN3CCCCC3)cc2)C1. The first-order valence-electron chi connectivity index (χ1n) is 9.57. The maximum absolute atomic E-state index is 12.3. The second-order valence-electron chi connectivity index (χ2n) is 7.83. The number of nitrogens with one attached hydrogen (secondary N) is 1. The third-order valence-electron chi connectivity index (χ3n) is 5.28. The number of rotatable bonds is 4. The summed E-state index contributed by atoms with van der Waals surface area (Å²) < 4.78 is 0. The highest BCUT2D eigenvalue weighted by Crippen LogP contribution is 2.20. The lowest BCUT2D eigenvalue weighted by atomic mass is 9.95. The number of hydrogen-bond acceptors (Lipinski definition) is 3. The molecule has 25 heavy (non-hydrogen) atoms. The zero-order chi connectivity index (χ0) is 17.7. The van der Waals surface area contributed by atoms with Crippen molar-refractivity contribution in [1.82, 2.24) is 15.1 Å². The molecule has 2 amide bonds. The van der Waals surface area contributed by atoms with E-state index in [0.29, 0.717) is 13.1 Å². The summed E-state index contributed by atoms with van der Waals surface area (Å²) in [5.41, 5.74) is 1.69. The topological polar surface area (TPSA) is 55.8 Å². The van der Waals surface area contributed by atoms with E-state index in [1.807, 2.05) is 0 Å². The van der Waals surface area contributed by atoms with Gasteiger partial charge in [-0.25, -0.2) is 4.79 Å². The molecule has 1 aromatic carbocycles. The van der Waals surface area contributed by atoms with Gasteiger partial charge in [0.2, 0.25) is 0 Å². The van der Waals surface area contributed by atoms with E-state index in [9.17, 15) is 9.90 Å². The van der Waals surface area contributed by atoms with Gasteiger partial charge in [-0.1, -0.05) is 30.7 Å². The lowest BCUT2D eigenvalue weighted by Crippen LogP contribution is -2.51. The molecule has 2 fully saturated rings. The number of nitrogens with zero attached hydrogens (tertiary/aromatic N) is 2. The lowest BCUT2D eigenvalue weighted by molar-refractivity contribution is -0.00252. The minimum absolute atomic E-state index is 0.0858. The minimum Gasteiger partial charge on any atom is -0.388 e. The van der Waals surface area contributed by atoms with Gasteiger partial charge in [0, 0.05) is 19.6 Å². The van der Waals surface area contributed by atoms with E-state index in [0.717, 1.165) is 31.5 Å². The van der Waals surface area contributed by atoms with E-state index in [1.54, 1.807) is 11.8 Å². The van der Waals surface area contributed by atoms with Crippen molar-refractivity contribution in [2.24, 2.45) is 0 Å². The molecule has 1 aromatic rings. The Balaban J connectivity index is 1.45.